The maximum absolute atomic E-state index is 12.8. The summed E-state index contributed by atoms with van der Waals surface area (Å²) in [6.07, 6.45) is 43.9. The molecule has 0 aliphatic carbocycles. The standard InChI is InChI=1S/C43H79N2O6P/c1-6-8-10-12-14-16-18-20-22-24-26-28-30-32-34-36-42(46)41(40-51-52(48,49)50-39-38-45(3,4)5)44-43(47)37-35-33-31-29-27-25-23-21-19-17-15-13-11-9-7-2/h9,11,15,17,21,23,27,29,33,35,41-42,46H,6-8,10,12-14,16,18-20,22,24-26,28,30-32,34,36-40H2,1-5H3,(H-,44,47,48,49)/b11-9-,17-15-,23-21-,29-27-,35-33-. The molecule has 0 aromatic carbocycles. The fourth-order valence-corrected chi connectivity index (χ4v) is 6.24. The van der Waals surface area contributed by atoms with Gasteiger partial charge < -0.3 is 28.8 Å². The molecule has 0 heterocycles. The van der Waals surface area contributed by atoms with Gasteiger partial charge in [-0.3, -0.25) is 9.36 Å². The summed E-state index contributed by atoms with van der Waals surface area (Å²) in [5.74, 6) is -0.294. The number of allylic oxidation sites excluding steroid dienone is 9. The van der Waals surface area contributed by atoms with Crippen LogP contribution in [-0.2, 0) is 18.4 Å². The second kappa shape index (κ2) is 34.9. The van der Waals surface area contributed by atoms with Crippen LogP contribution in [0.2, 0.25) is 0 Å². The normalized spacial score (nSPS) is 15.1. The SMILES string of the molecule is CC/C=C\C/C=C\C/C=C\C/C=C\C/C=C\CC(=O)NC(COP(=O)([O-])OCC[N+](C)(C)C)C(O)CCCCCCCCCCCCCCCCC. The number of hydrogen-bond acceptors (Lipinski definition) is 6. The number of rotatable bonds is 36. The number of likely N-dealkylation sites (N-methyl/N-ethyl adjacent to an activating group) is 1. The summed E-state index contributed by atoms with van der Waals surface area (Å²) in [7, 11) is 1.24. The molecule has 52 heavy (non-hydrogen) atoms. The summed E-state index contributed by atoms with van der Waals surface area (Å²) in [4.78, 5) is 25.2. The number of aliphatic hydroxyl groups excluding tert-OH is 1. The van der Waals surface area contributed by atoms with E-state index in [2.05, 4.69) is 67.8 Å². The Balaban J connectivity index is 4.58. The average Bonchev–Trinajstić information content (AvgIpc) is 3.09. The molecule has 2 N–H and O–H groups in total. The molecule has 0 fully saturated rings. The van der Waals surface area contributed by atoms with Crippen molar-refractivity contribution >= 4 is 13.7 Å². The lowest BCUT2D eigenvalue weighted by Gasteiger charge is -2.30. The maximum atomic E-state index is 12.8. The van der Waals surface area contributed by atoms with Crippen LogP contribution in [0.1, 0.15) is 155 Å². The van der Waals surface area contributed by atoms with E-state index in [1.54, 1.807) is 6.08 Å². The lowest BCUT2D eigenvalue weighted by Crippen LogP contribution is -2.46. The Hall–Kier alpha value is -1.80. The van der Waals surface area contributed by atoms with Crippen molar-refractivity contribution in [1.82, 2.24) is 5.32 Å². The molecule has 0 rings (SSSR count). The Bertz CT molecular complexity index is 1030. The van der Waals surface area contributed by atoms with Crippen molar-refractivity contribution in [2.75, 3.05) is 40.9 Å². The summed E-state index contributed by atoms with van der Waals surface area (Å²) in [5.41, 5.74) is 0. The summed E-state index contributed by atoms with van der Waals surface area (Å²) >= 11 is 0. The highest BCUT2D eigenvalue weighted by molar-refractivity contribution is 7.45. The molecule has 9 heteroatoms. The zero-order chi connectivity index (χ0) is 38.6. The Morgan fingerprint density at radius 1 is 0.673 bits per heavy atom. The van der Waals surface area contributed by atoms with Crippen LogP contribution in [0.4, 0.5) is 0 Å². The largest absolute Gasteiger partial charge is 0.756 e. The lowest BCUT2D eigenvalue weighted by molar-refractivity contribution is -0.870. The van der Waals surface area contributed by atoms with Crippen LogP contribution in [0.5, 0.6) is 0 Å². The molecule has 0 aliphatic heterocycles. The topological polar surface area (TPSA) is 108 Å². The average molecular weight is 751 g/mol. The van der Waals surface area contributed by atoms with Gasteiger partial charge in [0.1, 0.15) is 13.2 Å². The van der Waals surface area contributed by atoms with Crippen LogP contribution in [0.25, 0.3) is 0 Å². The van der Waals surface area contributed by atoms with Crippen molar-refractivity contribution in [3.05, 3.63) is 60.8 Å². The van der Waals surface area contributed by atoms with Crippen LogP contribution in [-0.4, -0.2) is 68.5 Å². The molecule has 8 nitrogen and oxygen atoms in total. The fraction of sp³-hybridized carbons (Fsp3) is 0.744. The van der Waals surface area contributed by atoms with Gasteiger partial charge in [-0.05, 0) is 38.5 Å². The van der Waals surface area contributed by atoms with Crippen molar-refractivity contribution in [2.24, 2.45) is 0 Å². The van der Waals surface area contributed by atoms with E-state index in [9.17, 15) is 19.4 Å². The minimum Gasteiger partial charge on any atom is -0.756 e. The van der Waals surface area contributed by atoms with Gasteiger partial charge in [-0.25, -0.2) is 0 Å². The number of phosphoric acid groups is 1. The Labute approximate surface area is 320 Å². The number of unbranched alkanes of at least 4 members (excludes halogenated alkanes) is 14. The molecule has 0 saturated heterocycles. The van der Waals surface area contributed by atoms with E-state index < -0.39 is 20.0 Å². The highest BCUT2D eigenvalue weighted by Crippen LogP contribution is 2.38. The number of quaternary nitrogens is 1. The monoisotopic (exact) mass is 751 g/mol. The predicted octanol–water partition coefficient (Wildman–Crippen LogP) is 10.4. The number of aliphatic hydroxyl groups is 1. The molecule has 0 spiro atoms. The predicted molar refractivity (Wildman–Crippen MR) is 219 cm³/mol. The van der Waals surface area contributed by atoms with Gasteiger partial charge in [0.05, 0.1) is 39.9 Å². The Morgan fingerprint density at radius 2 is 1.10 bits per heavy atom. The van der Waals surface area contributed by atoms with E-state index in [1.807, 2.05) is 27.2 Å². The lowest BCUT2D eigenvalue weighted by atomic mass is 10.0. The molecular weight excluding hydrogens is 671 g/mol. The quantitative estimate of drug-likeness (QED) is 0.0286. The number of hydrogen-bond donors (Lipinski definition) is 2. The van der Waals surface area contributed by atoms with Gasteiger partial charge in [0.25, 0.3) is 7.82 Å². The first-order valence-electron chi connectivity index (χ1n) is 20.6. The molecule has 1 amide bonds. The first-order valence-corrected chi connectivity index (χ1v) is 22.1. The number of nitrogens with one attached hydrogen (secondary N) is 1. The molecule has 0 saturated carbocycles. The molecule has 3 unspecified atom stereocenters. The van der Waals surface area contributed by atoms with Crippen LogP contribution < -0.4 is 10.2 Å². The van der Waals surface area contributed by atoms with E-state index in [4.69, 9.17) is 9.05 Å². The first-order chi connectivity index (χ1) is 25.0. The molecule has 0 aliphatic rings. The smallest absolute Gasteiger partial charge is 0.268 e. The van der Waals surface area contributed by atoms with Gasteiger partial charge in [0, 0.05) is 6.42 Å². The van der Waals surface area contributed by atoms with Crippen LogP contribution in [0.3, 0.4) is 0 Å². The van der Waals surface area contributed by atoms with Gasteiger partial charge in [0.2, 0.25) is 5.91 Å². The molecule has 3 atom stereocenters. The molecule has 0 bridgehead atoms. The van der Waals surface area contributed by atoms with Gasteiger partial charge in [-0.1, -0.05) is 171 Å². The summed E-state index contributed by atoms with van der Waals surface area (Å²) in [5, 5.41) is 13.8. The maximum Gasteiger partial charge on any atom is 0.268 e. The third kappa shape index (κ3) is 36.6. The van der Waals surface area contributed by atoms with Gasteiger partial charge in [-0.15, -0.1) is 0 Å². The van der Waals surface area contributed by atoms with Crippen molar-refractivity contribution in [3.8, 4) is 0 Å². The number of carbonyl (C=O) groups is 1. The van der Waals surface area contributed by atoms with Gasteiger partial charge in [-0.2, -0.15) is 0 Å². The number of phosphoric ester groups is 1. The summed E-state index contributed by atoms with van der Waals surface area (Å²) < 4.78 is 23.1. The number of carbonyl (C=O) groups excluding carboxylic acids is 1. The van der Waals surface area contributed by atoms with Crippen LogP contribution >= 0.6 is 7.82 Å². The van der Waals surface area contributed by atoms with Crippen LogP contribution in [0.15, 0.2) is 60.8 Å². The zero-order valence-corrected chi connectivity index (χ0v) is 34.9. The minimum absolute atomic E-state index is 0.00689. The minimum atomic E-state index is -4.59. The highest BCUT2D eigenvalue weighted by atomic mass is 31.2. The van der Waals surface area contributed by atoms with Crippen molar-refractivity contribution in [3.63, 3.8) is 0 Å². The second-order valence-electron chi connectivity index (χ2n) is 15.0. The molecule has 0 radical (unpaired) electrons. The fourth-order valence-electron chi connectivity index (χ4n) is 5.52. The molecule has 0 aromatic rings. The van der Waals surface area contributed by atoms with E-state index in [0.29, 0.717) is 23.9 Å². The number of amides is 1. The highest BCUT2D eigenvalue weighted by Gasteiger charge is 2.24. The molecular formula is C43H79N2O6P. The van der Waals surface area contributed by atoms with Crippen LogP contribution in [0, 0.1) is 0 Å². The summed E-state index contributed by atoms with van der Waals surface area (Å²) in [6.45, 7) is 4.51. The van der Waals surface area contributed by atoms with Crippen molar-refractivity contribution < 1.29 is 32.9 Å². The van der Waals surface area contributed by atoms with E-state index in [0.717, 1.165) is 44.9 Å². The zero-order valence-electron chi connectivity index (χ0n) is 34.0. The Morgan fingerprint density at radius 3 is 1.54 bits per heavy atom. The summed E-state index contributed by atoms with van der Waals surface area (Å²) in [6, 6.07) is -0.855. The van der Waals surface area contributed by atoms with Crippen molar-refractivity contribution in [1.29, 1.82) is 0 Å². The second-order valence-corrected chi connectivity index (χ2v) is 16.4. The Kier molecular flexibility index (Phi) is 33.7. The van der Waals surface area contributed by atoms with Crippen molar-refractivity contribution in [2.45, 2.75) is 167 Å². The van der Waals surface area contributed by atoms with E-state index in [1.165, 1.54) is 77.0 Å². The third-order valence-corrected chi connectivity index (χ3v) is 9.76. The van der Waals surface area contributed by atoms with Gasteiger partial charge >= 0.3 is 0 Å². The van der Waals surface area contributed by atoms with E-state index in [-0.39, 0.29) is 25.5 Å². The molecule has 0 aromatic heterocycles. The number of nitrogens with zero attached hydrogens (tertiary/aromatic N) is 1. The van der Waals surface area contributed by atoms with Gasteiger partial charge in [0.15, 0.2) is 0 Å². The first kappa shape index (κ1) is 50.2. The third-order valence-electron chi connectivity index (χ3n) is 8.80. The molecule has 302 valence electrons. The van der Waals surface area contributed by atoms with E-state index >= 15 is 0 Å².